The van der Waals surface area contributed by atoms with Crippen LogP contribution in [0.1, 0.15) is 38.4 Å². The second-order valence-electron chi connectivity index (χ2n) is 6.01. The first kappa shape index (κ1) is 18.0. The molecule has 1 saturated heterocycles. The number of rotatable bonds is 6. The van der Waals surface area contributed by atoms with Gasteiger partial charge in [-0.2, -0.15) is 0 Å². The lowest BCUT2D eigenvalue weighted by Gasteiger charge is -2.25. The molecule has 0 aromatic heterocycles. The van der Waals surface area contributed by atoms with Crippen LogP contribution in [0.3, 0.4) is 0 Å². The monoisotopic (exact) mass is 329 g/mol. The van der Waals surface area contributed by atoms with Gasteiger partial charge in [0.05, 0.1) is 18.1 Å². The number of aliphatic hydroxyl groups is 1. The van der Waals surface area contributed by atoms with Crippen molar-refractivity contribution in [2.75, 3.05) is 0 Å². The van der Waals surface area contributed by atoms with Gasteiger partial charge in [-0.3, -0.25) is 4.79 Å². The minimum atomic E-state index is -0.835. The van der Waals surface area contributed by atoms with E-state index in [1.54, 1.807) is 19.9 Å². The van der Waals surface area contributed by atoms with E-state index in [0.29, 0.717) is 12.8 Å². The predicted octanol–water partition coefficient (Wildman–Crippen LogP) is 3.21. The van der Waals surface area contributed by atoms with Crippen LogP contribution in [-0.4, -0.2) is 34.2 Å². The van der Waals surface area contributed by atoms with E-state index >= 15 is 0 Å². The molecule has 0 aliphatic carbocycles. The van der Waals surface area contributed by atoms with E-state index in [9.17, 15) is 14.7 Å². The van der Waals surface area contributed by atoms with Crippen molar-refractivity contribution in [3.63, 3.8) is 0 Å². The quantitative estimate of drug-likeness (QED) is 0.814. The van der Waals surface area contributed by atoms with Crippen LogP contribution in [0.25, 0.3) is 0 Å². The number of allylic oxidation sites excluding steroid dienone is 1. The molecule has 24 heavy (non-hydrogen) atoms. The second kappa shape index (κ2) is 7.95. The lowest BCUT2D eigenvalue weighted by atomic mass is 9.97. The maximum Gasteiger partial charge on any atom is 0.417 e. The Bertz CT molecular complexity index is 636. The average molecular weight is 329 g/mol. The summed E-state index contributed by atoms with van der Waals surface area (Å²) < 4.78 is 5.38. The summed E-state index contributed by atoms with van der Waals surface area (Å²) in [5.74, 6) is -1.10. The van der Waals surface area contributed by atoms with E-state index in [2.05, 4.69) is 12.3 Å². The summed E-state index contributed by atoms with van der Waals surface area (Å²) in [4.78, 5) is 25.9. The van der Waals surface area contributed by atoms with E-state index in [1.165, 1.54) is 0 Å². The van der Waals surface area contributed by atoms with Gasteiger partial charge >= 0.3 is 6.09 Å². The fourth-order valence-corrected chi connectivity index (χ4v) is 2.84. The maximum absolute atomic E-state index is 12.6. The zero-order chi connectivity index (χ0) is 17.7. The molecule has 2 rings (SSSR count). The number of amides is 2. The van der Waals surface area contributed by atoms with Gasteiger partial charge in [-0.1, -0.05) is 43.8 Å². The Labute approximate surface area is 142 Å². The van der Waals surface area contributed by atoms with Crippen molar-refractivity contribution in [2.24, 2.45) is 5.92 Å². The fraction of sp³-hybridized carbons (Fsp3) is 0.421. The summed E-state index contributed by atoms with van der Waals surface area (Å²) in [7, 11) is 0. The predicted molar refractivity (Wildman–Crippen MR) is 90.1 cm³/mol. The molecule has 1 aromatic carbocycles. The van der Waals surface area contributed by atoms with Gasteiger partial charge in [0, 0.05) is 0 Å². The molecule has 1 aliphatic rings. The van der Waals surface area contributed by atoms with Gasteiger partial charge < -0.3 is 9.84 Å². The number of ether oxygens (including phenoxy) is 1. The minimum Gasteiger partial charge on any atom is -0.439 e. The highest BCUT2D eigenvalue weighted by molar-refractivity contribution is 5.95. The van der Waals surface area contributed by atoms with Crippen molar-refractivity contribution in [3.8, 4) is 0 Å². The van der Waals surface area contributed by atoms with Crippen molar-refractivity contribution in [2.45, 2.75) is 44.9 Å². The van der Waals surface area contributed by atoms with Crippen LogP contribution in [0.5, 0.6) is 0 Å². The van der Waals surface area contributed by atoms with Crippen LogP contribution in [-0.2, 0) is 9.53 Å². The van der Waals surface area contributed by atoms with Crippen molar-refractivity contribution in [1.29, 1.82) is 0 Å². The highest BCUT2D eigenvalue weighted by Gasteiger charge is 2.45. The molecule has 1 aliphatic heterocycles. The van der Waals surface area contributed by atoms with Gasteiger partial charge in [0.1, 0.15) is 6.10 Å². The summed E-state index contributed by atoms with van der Waals surface area (Å²) in [6.45, 7) is 6.86. The largest absolute Gasteiger partial charge is 0.439 e. The summed E-state index contributed by atoms with van der Waals surface area (Å²) >= 11 is 0. The van der Waals surface area contributed by atoms with E-state index in [1.807, 2.05) is 30.3 Å². The molecule has 0 saturated carbocycles. The van der Waals surface area contributed by atoms with Crippen molar-refractivity contribution in [1.82, 2.24) is 4.90 Å². The molecule has 128 valence electrons. The third kappa shape index (κ3) is 3.75. The van der Waals surface area contributed by atoms with E-state index in [4.69, 9.17) is 4.74 Å². The van der Waals surface area contributed by atoms with E-state index in [-0.39, 0.29) is 0 Å². The standard InChI is InChI=1S/C19H23NO4/c1-4-5-7-12-16(21)13(2)18(22)20-14(3)17(24-19(20)23)15-10-8-6-9-11-15/h5-6,8-11,13-14,16-17,21H,1,7,12H2,2-3H3/t13-,14-,16+,17-/m1/s1. The fourth-order valence-electron chi connectivity index (χ4n) is 2.84. The number of carbonyl (C=O) groups is 2. The molecule has 5 nitrogen and oxygen atoms in total. The van der Waals surface area contributed by atoms with Gasteiger partial charge in [-0.15, -0.1) is 5.73 Å². The summed E-state index contributed by atoms with van der Waals surface area (Å²) in [6, 6.07) is 8.91. The van der Waals surface area contributed by atoms with Gasteiger partial charge in [0.25, 0.3) is 0 Å². The first-order valence-corrected chi connectivity index (χ1v) is 8.08. The SMILES string of the molecule is C=C=CCC[C@H](O)[C@@H](C)C(=O)N1C(=O)O[C@@H](c2ccccc2)[C@H]1C. The molecule has 0 radical (unpaired) electrons. The summed E-state index contributed by atoms with van der Waals surface area (Å²) in [6.07, 6.45) is 0.711. The minimum absolute atomic E-state index is 0.412. The molecule has 1 N–H and O–H groups in total. The molecular weight excluding hydrogens is 306 g/mol. The van der Waals surface area contributed by atoms with Crippen LogP contribution in [0.4, 0.5) is 4.79 Å². The number of nitrogens with zero attached hydrogens (tertiary/aromatic N) is 1. The number of cyclic esters (lactones) is 1. The highest BCUT2D eigenvalue weighted by atomic mass is 16.6. The van der Waals surface area contributed by atoms with Gasteiger partial charge in [-0.25, -0.2) is 9.69 Å². The molecule has 1 aromatic rings. The third-order valence-corrected chi connectivity index (χ3v) is 4.35. The van der Waals surface area contributed by atoms with E-state index in [0.717, 1.165) is 10.5 Å². The zero-order valence-electron chi connectivity index (χ0n) is 14.0. The molecule has 5 heteroatoms. The number of hydrogen-bond acceptors (Lipinski definition) is 4. The third-order valence-electron chi connectivity index (χ3n) is 4.35. The molecule has 4 atom stereocenters. The smallest absolute Gasteiger partial charge is 0.417 e. The number of imide groups is 1. The first-order chi connectivity index (χ1) is 11.5. The summed E-state index contributed by atoms with van der Waals surface area (Å²) in [5, 5.41) is 10.2. The van der Waals surface area contributed by atoms with Gasteiger partial charge in [0.2, 0.25) is 5.91 Å². The first-order valence-electron chi connectivity index (χ1n) is 8.08. The highest BCUT2D eigenvalue weighted by Crippen LogP contribution is 2.33. The normalized spacial score (nSPS) is 22.5. The number of benzene rings is 1. The Hall–Kier alpha value is -2.36. The van der Waals surface area contributed by atoms with Crippen LogP contribution in [0.2, 0.25) is 0 Å². The van der Waals surface area contributed by atoms with Crippen LogP contribution in [0, 0.1) is 5.92 Å². The van der Waals surface area contributed by atoms with Crippen molar-refractivity contribution < 1.29 is 19.4 Å². The number of hydrogen-bond donors (Lipinski definition) is 1. The van der Waals surface area contributed by atoms with Crippen molar-refractivity contribution in [3.05, 3.63) is 54.3 Å². The topological polar surface area (TPSA) is 66.8 Å². The summed E-state index contributed by atoms with van der Waals surface area (Å²) in [5.41, 5.74) is 3.47. The second-order valence-corrected chi connectivity index (χ2v) is 6.01. The van der Waals surface area contributed by atoms with Crippen LogP contribution < -0.4 is 0 Å². The Morgan fingerprint density at radius 3 is 2.75 bits per heavy atom. The average Bonchev–Trinajstić information content (AvgIpc) is 2.89. The zero-order valence-corrected chi connectivity index (χ0v) is 14.0. The maximum atomic E-state index is 12.6. The molecule has 0 unspecified atom stereocenters. The lowest BCUT2D eigenvalue weighted by Crippen LogP contribution is -2.44. The molecule has 2 amide bonds. The van der Waals surface area contributed by atoms with Gasteiger partial charge in [-0.05, 0) is 31.4 Å². The Morgan fingerprint density at radius 2 is 2.12 bits per heavy atom. The Morgan fingerprint density at radius 1 is 1.46 bits per heavy atom. The molecule has 0 spiro atoms. The molecular formula is C19H23NO4. The Balaban J connectivity index is 2.08. The van der Waals surface area contributed by atoms with E-state index < -0.39 is 36.2 Å². The van der Waals surface area contributed by atoms with Crippen molar-refractivity contribution >= 4 is 12.0 Å². The van der Waals surface area contributed by atoms with Crippen LogP contribution >= 0.6 is 0 Å². The molecule has 1 fully saturated rings. The molecule has 1 heterocycles. The van der Waals surface area contributed by atoms with Crippen LogP contribution in [0.15, 0.2) is 48.7 Å². The van der Waals surface area contributed by atoms with Gasteiger partial charge in [0.15, 0.2) is 0 Å². The lowest BCUT2D eigenvalue weighted by molar-refractivity contribution is -0.136. The number of carbonyl (C=O) groups excluding carboxylic acids is 2. The Kier molecular flexibility index (Phi) is 5.96. The number of aliphatic hydroxyl groups excluding tert-OH is 1. The molecule has 0 bridgehead atoms.